The fourth-order valence-corrected chi connectivity index (χ4v) is 1.34. The van der Waals surface area contributed by atoms with Crippen molar-refractivity contribution in [3.05, 3.63) is 29.8 Å². The Morgan fingerprint density at radius 1 is 1.47 bits per heavy atom. The van der Waals surface area contributed by atoms with Crippen molar-refractivity contribution in [2.24, 2.45) is 5.73 Å². The first-order chi connectivity index (χ1) is 7.19. The molecule has 0 heterocycles. The van der Waals surface area contributed by atoms with Gasteiger partial charge in [-0.05, 0) is 24.6 Å². The number of carboxylic acid groups (broad SMARTS) is 1. The number of hydrogen-bond acceptors (Lipinski definition) is 3. The van der Waals surface area contributed by atoms with Crippen molar-refractivity contribution in [3.8, 4) is 5.75 Å². The van der Waals surface area contributed by atoms with Crippen LogP contribution in [0.15, 0.2) is 24.3 Å². The lowest BCUT2D eigenvalue weighted by atomic mass is 9.99. The van der Waals surface area contributed by atoms with E-state index in [1.165, 1.54) is 0 Å². The van der Waals surface area contributed by atoms with Gasteiger partial charge in [0.2, 0.25) is 0 Å². The van der Waals surface area contributed by atoms with Gasteiger partial charge in [-0.25, -0.2) is 0 Å². The predicted molar refractivity (Wildman–Crippen MR) is 57.0 cm³/mol. The second-order valence-electron chi connectivity index (χ2n) is 3.13. The van der Waals surface area contributed by atoms with Gasteiger partial charge < -0.3 is 15.6 Å². The van der Waals surface area contributed by atoms with Gasteiger partial charge in [0, 0.05) is 6.54 Å². The van der Waals surface area contributed by atoms with Crippen molar-refractivity contribution in [1.82, 2.24) is 0 Å². The lowest BCUT2D eigenvalue weighted by Gasteiger charge is -2.10. The van der Waals surface area contributed by atoms with Crippen LogP contribution >= 0.6 is 0 Å². The van der Waals surface area contributed by atoms with Gasteiger partial charge in [-0.3, -0.25) is 4.79 Å². The van der Waals surface area contributed by atoms with Crippen molar-refractivity contribution in [2.45, 2.75) is 12.8 Å². The molecule has 3 N–H and O–H groups in total. The molecule has 4 heteroatoms. The van der Waals surface area contributed by atoms with Gasteiger partial charge in [-0.15, -0.1) is 0 Å². The molecule has 0 bridgehead atoms. The molecule has 0 aliphatic rings. The zero-order chi connectivity index (χ0) is 11.3. The maximum absolute atomic E-state index is 10.8. The van der Waals surface area contributed by atoms with Crippen LogP contribution < -0.4 is 10.5 Å². The fraction of sp³-hybridized carbons (Fsp3) is 0.364. The van der Waals surface area contributed by atoms with Gasteiger partial charge in [-0.2, -0.15) is 0 Å². The highest BCUT2D eigenvalue weighted by Crippen LogP contribution is 2.19. The maximum Gasteiger partial charge on any atom is 0.312 e. The first-order valence-corrected chi connectivity index (χ1v) is 4.84. The summed E-state index contributed by atoms with van der Waals surface area (Å²) in [5, 5.41) is 8.89. The molecule has 1 rings (SSSR count). The van der Waals surface area contributed by atoms with E-state index in [2.05, 4.69) is 0 Å². The number of carboxylic acids is 1. The monoisotopic (exact) mass is 209 g/mol. The first kappa shape index (κ1) is 11.5. The van der Waals surface area contributed by atoms with E-state index >= 15 is 0 Å². The van der Waals surface area contributed by atoms with Crippen molar-refractivity contribution in [2.75, 3.05) is 13.2 Å². The number of rotatable bonds is 5. The van der Waals surface area contributed by atoms with Gasteiger partial charge >= 0.3 is 5.97 Å². The molecule has 0 amide bonds. The van der Waals surface area contributed by atoms with Gasteiger partial charge in [0.25, 0.3) is 0 Å². The Morgan fingerprint density at radius 2 is 2.07 bits per heavy atom. The van der Waals surface area contributed by atoms with Crippen LogP contribution in [0.1, 0.15) is 18.4 Å². The van der Waals surface area contributed by atoms with Crippen molar-refractivity contribution in [3.63, 3.8) is 0 Å². The third-order valence-electron chi connectivity index (χ3n) is 2.13. The minimum atomic E-state index is -0.901. The van der Waals surface area contributed by atoms with E-state index in [0.717, 1.165) is 5.75 Å². The van der Waals surface area contributed by atoms with E-state index in [9.17, 15) is 4.79 Å². The Bertz CT molecular complexity index is 321. The molecule has 4 nitrogen and oxygen atoms in total. The summed E-state index contributed by atoms with van der Waals surface area (Å²) in [5.74, 6) is -0.801. The maximum atomic E-state index is 10.8. The van der Waals surface area contributed by atoms with Crippen molar-refractivity contribution in [1.29, 1.82) is 0 Å². The SMILES string of the molecule is CCOc1ccc(C(CN)C(=O)O)cc1. The molecule has 0 radical (unpaired) electrons. The minimum absolute atomic E-state index is 0.101. The standard InChI is InChI=1S/C11H15NO3/c1-2-15-9-5-3-8(4-6-9)10(7-12)11(13)14/h3-6,10H,2,7,12H2,1H3,(H,13,14). The molecule has 1 unspecified atom stereocenters. The van der Waals surface area contributed by atoms with Crippen LogP contribution in [0.2, 0.25) is 0 Å². The summed E-state index contributed by atoms with van der Waals surface area (Å²) >= 11 is 0. The van der Waals surface area contributed by atoms with E-state index in [1.54, 1.807) is 24.3 Å². The Balaban J connectivity index is 2.82. The summed E-state index contributed by atoms with van der Waals surface area (Å²) in [5.41, 5.74) is 6.09. The molecule has 15 heavy (non-hydrogen) atoms. The van der Waals surface area contributed by atoms with Crippen LogP contribution in [0, 0.1) is 0 Å². The molecular weight excluding hydrogens is 194 g/mol. The summed E-state index contributed by atoms with van der Waals surface area (Å²) in [7, 11) is 0. The van der Waals surface area contributed by atoms with Crippen molar-refractivity contribution >= 4 is 5.97 Å². The van der Waals surface area contributed by atoms with Crippen molar-refractivity contribution < 1.29 is 14.6 Å². The first-order valence-electron chi connectivity index (χ1n) is 4.84. The molecule has 0 aliphatic carbocycles. The highest BCUT2D eigenvalue weighted by atomic mass is 16.5. The number of benzene rings is 1. The van der Waals surface area contributed by atoms with Gasteiger partial charge in [-0.1, -0.05) is 12.1 Å². The zero-order valence-electron chi connectivity index (χ0n) is 8.64. The second-order valence-corrected chi connectivity index (χ2v) is 3.13. The van der Waals surface area contributed by atoms with Crippen LogP contribution in [0.3, 0.4) is 0 Å². The third-order valence-corrected chi connectivity index (χ3v) is 2.13. The molecule has 1 atom stereocenters. The summed E-state index contributed by atoms with van der Waals surface area (Å²) in [4.78, 5) is 10.8. The van der Waals surface area contributed by atoms with Crippen LogP contribution in [0.5, 0.6) is 5.75 Å². The molecule has 0 spiro atoms. The molecule has 1 aromatic rings. The van der Waals surface area contributed by atoms with Gasteiger partial charge in [0.05, 0.1) is 12.5 Å². The quantitative estimate of drug-likeness (QED) is 0.764. The minimum Gasteiger partial charge on any atom is -0.494 e. The van der Waals surface area contributed by atoms with E-state index in [-0.39, 0.29) is 6.54 Å². The lowest BCUT2D eigenvalue weighted by molar-refractivity contribution is -0.138. The number of nitrogens with two attached hydrogens (primary N) is 1. The fourth-order valence-electron chi connectivity index (χ4n) is 1.34. The van der Waals surface area contributed by atoms with Gasteiger partial charge in [0.15, 0.2) is 0 Å². The summed E-state index contributed by atoms with van der Waals surface area (Å²) < 4.78 is 5.26. The van der Waals surface area contributed by atoms with Crippen LogP contribution in [0.25, 0.3) is 0 Å². The Morgan fingerprint density at radius 3 is 2.47 bits per heavy atom. The van der Waals surface area contributed by atoms with Crippen LogP contribution in [-0.4, -0.2) is 24.2 Å². The van der Waals surface area contributed by atoms with Crippen LogP contribution in [0.4, 0.5) is 0 Å². The zero-order valence-corrected chi connectivity index (χ0v) is 8.64. The molecule has 82 valence electrons. The Labute approximate surface area is 88.7 Å². The molecule has 0 aliphatic heterocycles. The smallest absolute Gasteiger partial charge is 0.312 e. The second kappa shape index (κ2) is 5.36. The number of carbonyl (C=O) groups is 1. The van der Waals surface area contributed by atoms with Crippen LogP contribution in [-0.2, 0) is 4.79 Å². The molecule has 1 aromatic carbocycles. The topological polar surface area (TPSA) is 72.5 Å². The Hall–Kier alpha value is -1.55. The summed E-state index contributed by atoms with van der Waals surface area (Å²) in [6, 6.07) is 6.97. The number of aliphatic carboxylic acids is 1. The highest BCUT2D eigenvalue weighted by Gasteiger charge is 2.17. The Kier molecular flexibility index (Phi) is 4.12. The largest absolute Gasteiger partial charge is 0.494 e. The molecule has 0 fully saturated rings. The highest BCUT2D eigenvalue weighted by molar-refractivity contribution is 5.76. The lowest BCUT2D eigenvalue weighted by Crippen LogP contribution is -2.20. The van der Waals surface area contributed by atoms with Gasteiger partial charge in [0.1, 0.15) is 5.75 Å². The van der Waals surface area contributed by atoms with E-state index in [4.69, 9.17) is 15.6 Å². The molecule has 0 aromatic heterocycles. The summed E-state index contributed by atoms with van der Waals surface area (Å²) in [6.07, 6.45) is 0. The molecular formula is C11H15NO3. The van der Waals surface area contributed by atoms with E-state index in [1.807, 2.05) is 6.92 Å². The average molecular weight is 209 g/mol. The van der Waals surface area contributed by atoms with E-state index < -0.39 is 11.9 Å². The number of ether oxygens (including phenoxy) is 1. The summed E-state index contributed by atoms with van der Waals surface area (Å²) in [6.45, 7) is 2.59. The molecule has 0 saturated carbocycles. The third kappa shape index (κ3) is 2.95. The number of hydrogen-bond donors (Lipinski definition) is 2. The average Bonchev–Trinajstić information content (AvgIpc) is 2.21. The predicted octanol–water partition coefficient (Wildman–Crippen LogP) is 1.21. The normalized spacial score (nSPS) is 12.1. The van der Waals surface area contributed by atoms with E-state index in [0.29, 0.717) is 12.2 Å². The molecule has 0 saturated heterocycles.